The summed E-state index contributed by atoms with van der Waals surface area (Å²) < 4.78 is 3.32. The predicted octanol–water partition coefficient (Wildman–Crippen LogP) is 4.34. The Morgan fingerprint density at radius 1 is 1.27 bits per heavy atom. The largest absolute Gasteiger partial charge is 0.319 e. The molecule has 0 bridgehead atoms. The van der Waals surface area contributed by atoms with E-state index in [2.05, 4.69) is 22.2 Å². The first-order valence-corrected chi connectivity index (χ1v) is 12.8. The van der Waals surface area contributed by atoms with Gasteiger partial charge < -0.3 is 5.32 Å². The van der Waals surface area contributed by atoms with E-state index >= 15 is 0 Å². The Balaban J connectivity index is 1.36. The molecule has 1 atom stereocenters. The Bertz CT molecular complexity index is 1400. The molecule has 5 rings (SSSR count). The number of nitrogens with one attached hydrogen (secondary N) is 1. The van der Waals surface area contributed by atoms with Crippen LogP contribution in [0.1, 0.15) is 29.5 Å². The molecule has 0 radical (unpaired) electrons. The fraction of sp³-hybridized carbons (Fsp3) is 0.333. The third-order valence-electron chi connectivity index (χ3n) is 6.22. The predicted molar refractivity (Wildman–Crippen MR) is 134 cm³/mol. The zero-order valence-electron chi connectivity index (χ0n) is 18.8. The number of nitrogens with zero attached hydrogens (tertiary/aromatic N) is 4. The summed E-state index contributed by atoms with van der Waals surface area (Å²) in [6, 6.07) is 9.39. The topological polar surface area (TPSA) is 81.8 Å². The van der Waals surface area contributed by atoms with E-state index in [9.17, 15) is 9.59 Å². The summed E-state index contributed by atoms with van der Waals surface area (Å²) in [4.78, 5) is 37.2. The van der Waals surface area contributed by atoms with Crippen LogP contribution >= 0.6 is 23.1 Å². The summed E-state index contributed by atoms with van der Waals surface area (Å²) in [6.45, 7) is 4.12. The highest BCUT2D eigenvalue weighted by Gasteiger charge is 2.24. The van der Waals surface area contributed by atoms with Gasteiger partial charge in [0.2, 0.25) is 5.91 Å². The van der Waals surface area contributed by atoms with Gasteiger partial charge in [-0.3, -0.25) is 14.3 Å². The number of hydrogen-bond donors (Lipinski definition) is 1. The fourth-order valence-electron chi connectivity index (χ4n) is 4.38. The number of carbonyl (C=O) groups is 1. The van der Waals surface area contributed by atoms with E-state index in [4.69, 9.17) is 0 Å². The van der Waals surface area contributed by atoms with Crippen molar-refractivity contribution in [2.45, 2.75) is 38.1 Å². The summed E-state index contributed by atoms with van der Waals surface area (Å²) in [7, 11) is 1.81. The van der Waals surface area contributed by atoms with Crippen LogP contribution in [0.2, 0.25) is 0 Å². The summed E-state index contributed by atoms with van der Waals surface area (Å²) in [6.07, 6.45) is 4.86. The van der Waals surface area contributed by atoms with Gasteiger partial charge in [-0.25, -0.2) is 14.6 Å². The number of hydrogen-bond acceptors (Lipinski definition) is 6. The van der Waals surface area contributed by atoms with E-state index in [1.165, 1.54) is 28.6 Å². The van der Waals surface area contributed by atoms with Crippen LogP contribution in [-0.2, 0) is 24.7 Å². The lowest BCUT2D eigenvalue weighted by Gasteiger charge is -2.18. The number of thioether (sulfide) groups is 1. The molecule has 7 nitrogen and oxygen atoms in total. The zero-order valence-corrected chi connectivity index (χ0v) is 20.4. The summed E-state index contributed by atoms with van der Waals surface area (Å²) in [5.41, 5.74) is 2.86. The minimum atomic E-state index is -0.245. The highest BCUT2D eigenvalue weighted by molar-refractivity contribution is 8.00. The fourth-order valence-corrected chi connectivity index (χ4v) is 6.62. The van der Waals surface area contributed by atoms with Crippen LogP contribution < -0.4 is 10.9 Å². The first kappa shape index (κ1) is 21.9. The Kier molecular flexibility index (Phi) is 5.84. The van der Waals surface area contributed by atoms with Gasteiger partial charge >= 0.3 is 0 Å². The molecule has 0 saturated heterocycles. The molecule has 0 aliphatic heterocycles. The number of amides is 1. The van der Waals surface area contributed by atoms with Crippen LogP contribution in [0.3, 0.4) is 0 Å². The summed E-state index contributed by atoms with van der Waals surface area (Å²) in [5.74, 6) is 0.636. The van der Waals surface area contributed by atoms with Crippen molar-refractivity contribution in [2.75, 3.05) is 11.1 Å². The molecule has 1 amide bonds. The van der Waals surface area contributed by atoms with Crippen LogP contribution in [0.25, 0.3) is 15.9 Å². The van der Waals surface area contributed by atoms with Crippen molar-refractivity contribution >= 4 is 44.9 Å². The van der Waals surface area contributed by atoms with Crippen molar-refractivity contribution in [1.82, 2.24) is 19.3 Å². The lowest BCUT2D eigenvalue weighted by molar-refractivity contribution is -0.113. The van der Waals surface area contributed by atoms with Crippen LogP contribution in [0.4, 0.5) is 5.69 Å². The number of fused-ring (bicyclic) bond motifs is 3. The molecule has 33 heavy (non-hydrogen) atoms. The normalized spacial score (nSPS) is 15.5. The molecule has 170 valence electrons. The minimum absolute atomic E-state index is 0.173. The van der Waals surface area contributed by atoms with Crippen LogP contribution in [0.5, 0.6) is 0 Å². The molecule has 3 aromatic heterocycles. The molecule has 0 fully saturated rings. The third kappa shape index (κ3) is 4.00. The van der Waals surface area contributed by atoms with E-state index < -0.39 is 0 Å². The van der Waals surface area contributed by atoms with Crippen LogP contribution in [0.15, 0.2) is 46.5 Å². The standard InChI is InChI=1S/C24H25N5O2S2/c1-14-9-10-17-18(11-14)33-23-20(17)22(25-13-26-23)32-12-19(30)27-21-15(2)28(3)29(24(21)31)16-7-5-4-6-8-16/h4-8,13-14H,9-12H2,1-3H3,(H,27,30)/t14-/m1/s1. The van der Waals surface area contributed by atoms with Crippen molar-refractivity contribution in [3.05, 3.63) is 63.1 Å². The number of aromatic nitrogens is 4. The van der Waals surface area contributed by atoms with Crippen LogP contribution in [0, 0.1) is 12.8 Å². The molecule has 1 aliphatic rings. The van der Waals surface area contributed by atoms with Crippen LogP contribution in [-0.4, -0.2) is 31.0 Å². The Labute approximate surface area is 199 Å². The van der Waals surface area contributed by atoms with Gasteiger partial charge in [-0.15, -0.1) is 11.3 Å². The summed E-state index contributed by atoms with van der Waals surface area (Å²) >= 11 is 3.15. The zero-order chi connectivity index (χ0) is 23.1. The molecule has 1 aliphatic carbocycles. The highest BCUT2D eigenvalue weighted by Crippen LogP contribution is 2.40. The molecule has 1 N–H and O–H groups in total. The quantitative estimate of drug-likeness (QED) is 0.340. The number of thiophene rings is 1. The Morgan fingerprint density at radius 3 is 2.85 bits per heavy atom. The molecule has 0 saturated carbocycles. The molecule has 3 heterocycles. The van der Waals surface area contributed by atoms with Gasteiger partial charge in [-0.05, 0) is 49.8 Å². The molecule has 9 heteroatoms. The maximum absolute atomic E-state index is 13.0. The summed E-state index contributed by atoms with van der Waals surface area (Å²) in [5, 5.41) is 4.78. The molecule has 0 spiro atoms. The van der Waals surface area contributed by atoms with Gasteiger partial charge in [0, 0.05) is 17.3 Å². The van der Waals surface area contributed by atoms with Gasteiger partial charge in [0.15, 0.2) is 0 Å². The maximum atomic E-state index is 13.0. The number of anilines is 1. The van der Waals surface area contributed by atoms with Gasteiger partial charge in [-0.2, -0.15) is 0 Å². The van der Waals surface area contributed by atoms with E-state index in [1.807, 2.05) is 44.3 Å². The van der Waals surface area contributed by atoms with Gasteiger partial charge in [-0.1, -0.05) is 36.9 Å². The average Bonchev–Trinajstić information content (AvgIpc) is 3.28. The molecule has 1 aromatic carbocycles. The first-order chi connectivity index (χ1) is 15.9. The van der Waals surface area contributed by atoms with E-state index in [0.29, 0.717) is 17.3 Å². The van der Waals surface area contributed by atoms with E-state index in [-0.39, 0.29) is 17.2 Å². The minimum Gasteiger partial charge on any atom is -0.319 e. The molecule has 0 unspecified atom stereocenters. The van der Waals surface area contributed by atoms with Crippen molar-refractivity contribution in [3.63, 3.8) is 0 Å². The average molecular weight is 480 g/mol. The number of aryl methyl sites for hydroxylation is 1. The molecule has 4 aromatic rings. The van der Waals surface area contributed by atoms with Crippen molar-refractivity contribution < 1.29 is 4.79 Å². The monoisotopic (exact) mass is 479 g/mol. The second kappa shape index (κ2) is 8.79. The van der Waals surface area contributed by atoms with E-state index in [1.54, 1.807) is 27.0 Å². The third-order valence-corrected chi connectivity index (χ3v) is 8.37. The van der Waals surface area contributed by atoms with Crippen molar-refractivity contribution in [3.8, 4) is 5.69 Å². The number of rotatable bonds is 5. The maximum Gasteiger partial charge on any atom is 0.295 e. The molecular weight excluding hydrogens is 454 g/mol. The lowest BCUT2D eigenvalue weighted by atomic mass is 9.89. The Hall–Kier alpha value is -2.91. The first-order valence-electron chi connectivity index (χ1n) is 11.0. The van der Waals surface area contributed by atoms with Gasteiger partial charge in [0.1, 0.15) is 21.9 Å². The second-order valence-corrected chi connectivity index (χ2v) is 10.5. The Morgan fingerprint density at radius 2 is 2.06 bits per heavy atom. The van der Waals surface area contributed by atoms with Gasteiger partial charge in [0.05, 0.1) is 17.1 Å². The highest BCUT2D eigenvalue weighted by atomic mass is 32.2. The number of carbonyl (C=O) groups excluding carboxylic acids is 1. The molecular formula is C24H25N5O2S2. The van der Waals surface area contributed by atoms with Gasteiger partial charge in [0.25, 0.3) is 5.56 Å². The SMILES string of the molecule is Cc1c(NC(=O)CSc2ncnc3sc4c(c23)CC[C@@H](C)C4)c(=O)n(-c2ccccc2)n1C. The lowest BCUT2D eigenvalue weighted by Crippen LogP contribution is -2.23. The van der Waals surface area contributed by atoms with Crippen molar-refractivity contribution in [1.29, 1.82) is 0 Å². The van der Waals surface area contributed by atoms with Crippen molar-refractivity contribution in [2.24, 2.45) is 13.0 Å². The number of para-hydroxylation sites is 1. The van der Waals surface area contributed by atoms with E-state index in [0.717, 1.165) is 33.8 Å². The second-order valence-electron chi connectivity index (χ2n) is 8.48. The number of benzene rings is 1. The smallest absolute Gasteiger partial charge is 0.295 e.